The minimum absolute atomic E-state index is 0.193. The first kappa shape index (κ1) is 19.7. The Morgan fingerprint density at radius 3 is 2.07 bits per heavy atom. The zero-order valence-electron chi connectivity index (χ0n) is 16.0. The minimum Gasteiger partial charge on any atom is -0.451 e. The highest BCUT2D eigenvalue weighted by Crippen LogP contribution is 2.25. The Kier molecular flexibility index (Phi) is 7.49. The predicted molar refractivity (Wildman–Crippen MR) is 106 cm³/mol. The molecule has 1 heterocycles. The summed E-state index contributed by atoms with van der Waals surface area (Å²) in [7, 11) is 0. The monoisotopic (exact) mass is 371 g/mol. The molecule has 0 bridgehead atoms. The summed E-state index contributed by atoms with van der Waals surface area (Å²) in [4.78, 5) is 12.6. The molecule has 1 N–H and O–H groups in total. The zero-order valence-corrected chi connectivity index (χ0v) is 16.0. The fourth-order valence-electron chi connectivity index (χ4n) is 3.83. The Bertz CT molecular complexity index is 713. The molecule has 0 spiro atoms. The number of halogens is 1. The molecule has 1 amide bonds. The van der Waals surface area contributed by atoms with Crippen molar-refractivity contribution < 1.29 is 13.6 Å². The Balaban J connectivity index is 1.60. The van der Waals surface area contributed by atoms with Crippen molar-refractivity contribution in [2.75, 3.05) is 0 Å². The topological polar surface area (TPSA) is 42.2 Å². The molecule has 1 aromatic heterocycles. The smallest absolute Gasteiger partial charge is 0.287 e. The van der Waals surface area contributed by atoms with Gasteiger partial charge in [0.15, 0.2) is 5.76 Å². The van der Waals surface area contributed by atoms with Gasteiger partial charge < -0.3 is 9.73 Å². The van der Waals surface area contributed by atoms with E-state index in [0.29, 0.717) is 11.3 Å². The Morgan fingerprint density at radius 1 is 0.852 bits per heavy atom. The van der Waals surface area contributed by atoms with Crippen LogP contribution in [0.3, 0.4) is 0 Å². The quantitative estimate of drug-likeness (QED) is 0.670. The number of carbonyl (C=O) groups excluding carboxylic acids is 1. The van der Waals surface area contributed by atoms with Crippen molar-refractivity contribution in [2.45, 2.75) is 76.7 Å². The van der Waals surface area contributed by atoms with Gasteiger partial charge in [-0.1, -0.05) is 69.9 Å². The van der Waals surface area contributed by atoms with E-state index in [1.807, 2.05) is 0 Å². The van der Waals surface area contributed by atoms with Gasteiger partial charge in [-0.05, 0) is 37.1 Å². The lowest BCUT2D eigenvalue weighted by atomic mass is 9.98. The van der Waals surface area contributed by atoms with E-state index in [0.717, 1.165) is 25.7 Å². The van der Waals surface area contributed by atoms with Crippen molar-refractivity contribution in [3.63, 3.8) is 0 Å². The van der Waals surface area contributed by atoms with Crippen LogP contribution in [0.2, 0.25) is 0 Å². The number of nitrogens with one attached hydrogen (secondary N) is 1. The minimum atomic E-state index is -0.349. The van der Waals surface area contributed by atoms with Crippen molar-refractivity contribution in [3.8, 4) is 11.3 Å². The van der Waals surface area contributed by atoms with Crippen LogP contribution >= 0.6 is 0 Å². The summed E-state index contributed by atoms with van der Waals surface area (Å²) in [6, 6.07) is 9.93. The van der Waals surface area contributed by atoms with Crippen LogP contribution in [0.25, 0.3) is 11.3 Å². The highest BCUT2D eigenvalue weighted by Gasteiger charge is 2.18. The predicted octanol–water partition coefficient (Wildman–Crippen LogP) is 6.49. The number of benzene rings is 1. The highest BCUT2D eigenvalue weighted by atomic mass is 19.1. The van der Waals surface area contributed by atoms with Gasteiger partial charge in [0.05, 0.1) is 5.56 Å². The summed E-state index contributed by atoms with van der Waals surface area (Å²) in [5, 5.41) is 3.14. The van der Waals surface area contributed by atoms with Crippen LogP contribution in [0.1, 0.15) is 81.2 Å². The number of carbonyl (C=O) groups is 1. The SMILES string of the molecule is O=C(NC1CCCCCCCCCCC1)c1ccc(-c2ccccc2F)o1. The molecule has 0 unspecified atom stereocenters. The lowest BCUT2D eigenvalue weighted by Crippen LogP contribution is -2.34. The van der Waals surface area contributed by atoms with Crippen LogP contribution in [0.15, 0.2) is 40.8 Å². The third-order valence-corrected chi connectivity index (χ3v) is 5.41. The van der Waals surface area contributed by atoms with E-state index in [1.165, 1.54) is 51.0 Å². The number of hydrogen-bond acceptors (Lipinski definition) is 2. The second-order valence-corrected chi connectivity index (χ2v) is 7.57. The molecule has 3 nitrogen and oxygen atoms in total. The molecule has 0 aliphatic heterocycles. The maximum atomic E-state index is 13.9. The van der Waals surface area contributed by atoms with Gasteiger partial charge in [0, 0.05) is 6.04 Å². The van der Waals surface area contributed by atoms with Crippen LogP contribution in [-0.2, 0) is 0 Å². The molecule has 1 aromatic carbocycles. The first-order valence-electron chi connectivity index (χ1n) is 10.4. The molecular weight excluding hydrogens is 341 g/mol. The van der Waals surface area contributed by atoms with Crippen LogP contribution in [0.4, 0.5) is 4.39 Å². The summed E-state index contributed by atoms with van der Waals surface area (Å²) >= 11 is 0. The Hall–Kier alpha value is -2.10. The largest absolute Gasteiger partial charge is 0.451 e. The van der Waals surface area contributed by atoms with E-state index in [-0.39, 0.29) is 23.5 Å². The van der Waals surface area contributed by atoms with Crippen LogP contribution < -0.4 is 5.32 Å². The van der Waals surface area contributed by atoms with Crippen molar-refractivity contribution in [1.82, 2.24) is 5.32 Å². The number of furan rings is 1. The summed E-state index contributed by atoms with van der Waals surface area (Å²) in [5.74, 6) is 0.0871. The van der Waals surface area contributed by atoms with Crippen LogP contribution in [0, 0.1) is 5.82 Å². The van der Waals surface area contributed by atoms with E-state index in [1.54, 1.807) is 30.3 Å². The lowest BCUT2D eigenvalue weighted by Gasteiger charge is -2.19. The van der Waals surface area contributed by atoms with Gasteiger partial charge in [0.2, 0.25) is 0 Å². The van der Waals surface area contributed by atoms with Gasteiger partial charge in [-0.15, -0.1) is 0 Å². The van der Waals surface area contributed by atoms with Gasteiger partial charge >= 0.3 is 0 Å². The van der Waals surface area contributed by atoms with Crippen molar-refractivity contribution >= 4 is 5.91 Å². The van der Waals surface area contributed by atoms with Gasteiger partial charge in [-0.2, -0.15) is 0 Å². The maximum absolute atomic E-state index is 13.9. The van der Waals surface area contributed by atoms with Crippen molar-refractivity contribution in [1.29, 1.82) is 0 Å². The van der Waals surface area contributed by atoms with Gasteiger partial charge in [0.25, 0.3) is 5.91 Å². The lowest BCUT2D eigenvalue weighted by molar-refractivity contribution is 0.0904. The summed E-state index contributed by atoms with van der Waals surface area (Å²) in [6.07, 6.45) is 13.5. The fraction of sp³-hybridized carbons (Fsp3) is 0.522. The first-order valence-corrected chi connectivity index (χ1v) is 10.4. The van der Waals surface area contributed by atoms with Crippen LogP contribution in [0.5, 0.6) is 0 Å². The van der Waals surface area contributed by atoms with Crippen LogP contribution in [-0.4, -0.2) is 11.9 Å². The summed E-state index contributed by atoms with van der Waals surface area (Å²) in [6.45, 7) is 0. The number of hydrogen-bond donors (Lipinski definition) is 1. The van der Waals surface area contributed by atoms with E-state index >= 15 is 0 Å². The molecule has 4 heteroatoms. The maximum Gasteiger partial charge on any atom is 0.287 e. The number of amides is 1. The van der Waals surface area contributed by atoms with Gasteiger partial charge in [0.1, 0.15) is 11.6 Å². The Morgan fingerprint density at radius 2 is 1.44 bits per heavy atom. The standard InChI is InChI=1S/C23H30FNO2/c24-20-15-11-10-14-19(20)21-16-17-22(27-21)23(26)25-18-12-8-6-4-2-1-3-5-7-9-13-18/h10-11,14-18H,1-9,12-13H2,(H,25,26). The molecule has 3 rings (SSSR count). The van der Waals surface area contributed by atoms with Gasteiger partial charge in [-0.25, -0.2) is 4.39 Å². The normalized spacial score (nSPS) is 17.7. The second-order valence-electron chi connectivity index (χ2n) is 7.57. The molecule has 146 valence electrons. The molecule has 0 atom stereocenters. The van der Waals surface area contributed by atoms with E-state index in [2.05, 4.69) is 5.32 Å². The third kappa shape index (κ3) is 5.95. The van der Waals surface area contributed by atoms with E-state index in [4.69, 9.17) is 4.42 Å². The Labute approximate surface area is 161 Å². The van der Waals surface area contributed by atoms with E-state index < -0.39 is 0 Å². The first-order chi connectivity index (χ1) is 13.2. The molecule has 1 saturated carbocycles. The molecule has 2 aromatic rings. The molecule has 1 aliphatic carbocycles. The molecule has 27 heavy (non-hydrogen) atoms. The molecular formula is C23H30FNO2. The highest BCUT2D eigenvalue weighted by molar-refractivity contribution is 5.92. The second kappa shape index (κ2) is 10.3. The number of rotatable bonds is 3. The van der Waals surface area contributed by atoms with E-state index in [9.17, 15) is 9.18 Å². The molecule has 1 fully saturated rings. The van der Waals surface area contributed by atoms with Crippen molar-refractivity contribution in [2.24, 2.45) is 0 Å². The van der Waals surface area contributed by atoms with Gasteiger partial charge in [-0.3, -0.25) is 4.79 Å². The average molecular weight is 371 g/mol. The van der Waals surface area contributed by atoms with Crippen molar-refractivity contribution in [3.05, 3.63) is 48.0 Å². The molecule has 1 aliphatic rings. The average Bonchev–Trinajstić information content (AvgIpc) is 3.14. The molecule has 0 radical (unpaired) electrons. The summed E-state index contributed by atoms with van der Waals surface area (Å²) in [5.41, 5.74) is 0.377. The fourth-order valence-corrected chi connectivity index (χ4v) is 3.83. The molecule has 0 saturated heterocycles. The zero-order chi connectivity index (χ0) is 18.9. The third-order valence-electron chi connectivity index (χ3n) is 5.41. The summed E-state index contributed by atoms with van der Waals surface area (Å²) < 4.78 is 19.6.